The molecular formula is C21H25BrN4O5. The quantitative estimate of drug-likeness (QED) is 0.357. The first-order valence-corrected chi connectivity index (χ1v) is 10.5. The van der Waals surface area contributed by atoms with Crippen molar-refractivity contribution in [2.75, 3.05) is 26.6 Å². The fourth-order valence-electron chi connectivity index (χ4n) is 3.19. The molecule has 0 aliphatic carbocycles. The Balaban J connectivity index is 2.10. The summed E-state index contributed by atoms with van der Waals surface area (Å²) in [7, 11) is 4.67. The summed E-state index contributed by atoms with van der Waals surface area (Å²) in [6.07, 6.45) is 4.40. The summed E-state index contributed by atoms with van der Waals surface area (Å²) in [6, 6.07) is 3.66. The minimum absolute atomic E-state index is 0.319. The maximum atomic E-state index is 12.1. The van der Waals surface area contributed by atoms with E-state index in [0.717, 1.165) is 16.8 Å². The van der Waals surface area contributed by atoms with Crippen molar-refractivity contribution < 1.29 is 23.7 Å². The number of nitrogens with one attached hydrogen (secondary N) is 3. The number of nitrogens with zero attached hydrogens (tertiary/aromatic N) is 1. The molecule has 0 radical (unpaired) electrons. The summed E-state index contributed by atoms with van der Waals surface area (Å²) in [5.41, 5.74) is 2.25. The fraction of sp³-hybridized carbons (Fsp3) is 0.333. The van der Waals surface area contributed by atoms with Gasteiger partial charge in [-0.1, -0.05) is 6.92 Å². The number of rotatable bonds is 10. The number of esters is 1. The van der Waals surface area contributed by atoms with E-state index in [-0.39, 0.29) is 5.97 Å². The number of carbonyl (C=O) groups excluding carboxylic acids is 1. The van der Waals surface area contributed by atoms with Crippen molar-refractivity contribution in [2.24, 2.45) is 0 Å². The first-order chi connectivity index (χ1) is 15.0. The molecule has 0 amide bonds. The number of aromatic amines is 2. The number of benzene rings is 1. The van der Waals surface area contributed by atoms with Crippen LogP contribution in [0, 0.1) is 0 Å². The van der Waals surface area contributed by atoms with Crippen LogP contribution in [0.3, 0.4) is 0 Å². The lowest BCUT2D eigenvalue weighted by Crippen LogP contribution is -2.07. The van der Waals surface area contributed by atoms with Crippen molar-refractivity contribution in [1.29, 1.82) is 0 Å². The van der Waals surface area contributed by atoms with E-state index in [1.807, 2.05) is 13.0 Å². The van der Waals surface area contributed by atoms with Crippen LogP contribution in [-0.2, 0) is 11.3 Å². The number of hydrogen-bond acceptors (Lipinski definition) is 7. The van der Waals surface area contributed by atoms with E-state index in [0.29, 0.717) is 52.9 Å². The van der Waals surface area contributed by atoms with Gasteiger partial charge in [0, 0.05) is 35.6 Å². The molecule has 0 spiro atoms. The van der Waals surface area contributed by atoms with E-state index in [1.165, 1.54) is 0 Å². The third-order valence-electron chi connectivity index (χ3n) is 4.56. The predicted molar refractivity (Wildman–Crippen MR) is 120 cm³/mol. The van der Waals surface area contributed by atoms with Gasteiger partial charge in [0.25, 0.3) is 0 Å². The normalized spacial score (nSPS) is 10.6. The van der Waals surface area contributed by atoms with Crippen molar-refractivity contribution in [3.63, 3.8) is 0 Å². The molecule has 1 aromatic carbocycles. The smallest absolute Gasteiger partial charge is 0.312 e. The average molecular weight is 493 g/mol. The number of halogens is 1. The third kappa shape index (κ3) is 4.79. The Labute approximate surface area is 188 Å². The summed E-state index contributed by atoms with van der Waals surface area (Å²) in [5, 5.41) is 3.20. The molecule has 3 N–H and O–H groups in total. The van der Waals surface area contributed by atoms with Gasteiger partial charge in [-0.2, -0.15) is 0 Å². The van der Waals surface area contributed by atoms with Crippen LogP contribution in [-0.4, -0.2) is 42.3 Å². The molecule has 166 valence electrons. The molecule has 0 saturated heterocycles. The van der Waals surface area contributed by atoms with Crippen LogP contribution in [0.1, 0.15) is 25.5 Å². The molecule has 0 aliphatic heterocycles. The highest BCUT2D eigenvalue weighted by atomic mass is 79.9. The van der Waals surface area contributed by atoms with Crippen molar-refractivity contribution in [3.05, 3.63) is 34.7 Å². The van der Waals surface area contributed by atoms with E-state index >= 15 is 0 Å². The van der Waals surface area contributed by atoms with E-state index in [2.05, 4.69) is 36.2 Å². The van der Waals surface area contributed by atoms with Gasteiger partial charge in [-0.05, 0) is 34.5 Å². The number of carbonyl (C=O) groups is 1. The van der Waals surface area contributed by atoms with Crippen LogP contribution in [0.5, 0.6) is 23.1 Å². The zero-order chi connectivity index (χ0) is 22.4. The van der Waals surface area contributed by atoms with Crippen molar-refractivity contribution in [3.8, 4) is 34.3 Å². The van der Waals surface area contributed by atoms with Gasteiger partial charge in [0.05, 0.1) is 32.3 Å². The molecule has 0 bridgehead atoms. The standard InChI is InChI=1S/C21H25BrN4O5/c1-5-6-15(27)31-20-17(22)16(13(26-20)11-25-21-23-9-10-24-21)12-7-8-14(28-2)19(30-4)18(12)29-3/h7-10,26H,5-6,11H2,1-4H3,(H2,23,24,25). The lowest BCUT2D eigenvalue weighted by Gasteiger charge is -2.16. The zero-order valence-corrected chi connectivity index (χ0v) is 19.4. The Kier molecular flexibility index (Phi) is 7.45. The molecular weight excluding hydrogens is 468 g/mol. The monoisotopic (exact) mass is 492 g/mol. The van der Waals surface area contributed by atoms with Gasteiger partial charge in [0.15, 0.2) is 17.4 Å². The molecule has 3 rings (SSSR count). The summed E-state index contributed by atoms with van der Waals surface area (Å²) >= 11 is 3.60. The highest BCUT2D eigenvalue weighted by molar-refractivity contribution is 9.10. The first kappa shape index (κ1) is 22.5. The Morgan fingerprint density at radius 2 is 1.94 bits per heavy atom. The molecule has 0 aliphatic rings. The minimum Gasteiger partial charge on any atom is -0.493 e. The van der Waals surface area contributed by atoms with Crippen LogP contribution in [0.15, 0.2) is 29.0 Å². The second-order valence-electron chi connectivity index (χ2n) is 6.52. The van der Waals surface area contributed by atoms with Crippen LogP contribution in [0.2, 0.25) is 0 Å². The van der Waals surface area contributed by atoms with E-state index in [1.54, 1.807) is 39.8 Å². The minimum atomic E-state index is -0.319. The van der Waals surface area contributed by atoms with Gasteiger partial charge < -0.3 is 34.2 Å². The molecule has 0 unspecified atom stereocenters. The van der Waals surface area contributed by atoms with E-state index in [9.17, 15) is 4.79 Å². The van der Waals surface area contributed by atoms with Crippen molar-refractivity contribution >= 4 is 27.8 Å². The summed E-state index contributed by atoms with van der Waals surface area (Å²) in [5.74, 6) is 2.11. The van der Waals surface area contributed by atoms with Gasteiger partial charge >= 0.3 is 5.97 Å². The topological polar surface area (TPSA) is 110 Å². The third-order valence-corrected chi connectivity index (χ3v) is 5.32. The molecule has 9 nitrogen and oxygen atoms in total. The Morgan fingerprint density at radius 3 is 2.55 bits per heavy atom. The zero-order valence-electron chi connectivity index (χ0n) is 17.8. The lowest BCUT2D eigenvalue weighted by atomic mass is 10.0. The SMILES string of the molecule is CCCC(=O)Oc1[nH]c(CNc2ncc[nH]2)c(-c2ccc(OC)c(OC)c2OC)c1Br. The van der Waals surface area contributed by atoms with Crippen molar-refractivity contribution in [2.45, 2.75) is 26.3 Å². The first-order valence-electron chi connectivity index (χ1n) is 9.67. The van der Waals surface area contributed by atoms with Crippen LogP contribution < -0.4 is 24.3 Å². The summed E-state index contributed by atoms with van der Waals surface area (Å²) < 4.78 is 22.7. The number of methoxy groups -OCH3 is 3. The number of hydrogen-bond donors (Lipinski definition) is 3. The molecule has 0 atom stereocenters. The van der Waals surface area contributed by atoms with Crippen LogP contribution in [0.25, 0.3) is 11.1 Å². The Hall–Kier alpha value is -3.14. The molecule has 10 heteroatoms. The predicted octanol–water partition coefficient (Wildman–Crippen LogP) is 4.51. The average Bonchev–Trinajstić information content (AvgIpc) is 3.39. The number of H-pyrrole nitrogens is 2. The van der Waals surface area contributed by atoms with Gasteiger partial charge in [-0.15, -0.1) is 0 Å². The van der Waals surface area contributed by atoms with Gasteiger partial charge in [0.2, 0.25) is 11.6 Å². The maximum Gasteiger partial charge on any atom is 0.312 e. The molecule has 0 fully saturated rings. The van der Waals surface area contributed by atoms with Crippen LogP contribution >= 0.6 is 15.9 Å². The molecule has 2 aromatic heterocycles. The van der Waals surface area contributed by atoms with E-state index < -0.39 is 0 Å². The highest BCUT2D eigenvalue weighted by Crippen LogP contribution is 2.49. The number of ether oxygens (including phenoxy) is 4. The Morgan fingerprint density at radius 1 is 1.16 bits per heavy atom. The van der Waals surface area contributed by atoms with Gasteiger partial charge in [0.1, 0.15) is 0 Å². The number of aromatic nitrogens is 3. The highest BCUT2D eigenvalue weighted by Gasteiger charge is 2.25. The largest absolute Gasteiger partial charge is 0.493 e. The number of anilines is 1. The summed E-state index contributed by atoms with van der Waals surface area (Å²) in [4.78, 5) is 22.5. The maximum absolute atomic E-state index is 12.1. The van der Waals surface area contributed by atoms with E-state index in [4.69, 9.17) is 18.9 Å². The van der Waals surface area contributed by atoms with Crippen LogP contribution in [0.4, 0.5) is 5.95 Å². The number of imidazole rings is 1. The second kappa shape index (κ2) is 10.3. The van der Waals surface area contributed by atoms with Gasteiger partial charge in [-0.25, -0.2) is 4.98 Å². The Bertz CT molecular complexity index is 1030. The second-order valence-corrected chi connectivity index (χ2v) is 7.31. The van der Waals surface area contributed by atoms with Crippen molar-refractivity contribution in [1.82, 2.24) is 15.0 Å². The lowest BCUT2D eigenvalue weighted by molar-refractivity contribution is -0.134. The van der Waals surface area contributed by atoms with Gasteiger partial charge in [-0.3, -0.25) is 4.79 Å². The molecule has 0 saturated carbocycles. The fourth-order valence-corrected chi connectivity index (χ4v) is 3.82. The molecule has 2 heterocycles. The molecule has 31 heavy (non-hydrogen) atoms. The summed E-state index contributed by atoms with van der Waals surface area (Å²) in [6.45, 7) is 2.30. The molecule has 3 aromatic rings.